The quantitative estimate of drug-likeness (QED) is 0.488. The summed E-state index contributed by atoms with van der Waals surface area (Å²) in [5, 5.41) is 18.8. The van der Waals surface area contributed by atoms with Gasteiger partial charge in [0.25, 0.3) is 0 Å². The second-order valence-electron chi connectivity index (χ2n) is 6.68. The summed E-state index contributed by atoms with van der Waals surface area (Å²) in [7, 11) is 0. The molecule has 2 aromatic rings. The fourth-order valence-electron chi connectivity index (χ4n) is 3.20. The minimum absolute atomic E-state index is 0.0117. The van der Waals surface area contributed by atoms with Crippen LogP contribution in [0.25, 0.3) is 5.57 Å². The minimum atomic E-state index is -0.919. The van der Waals surface area contributed by atoms with Gasteiger partial charge in [-0.15, -0.1) is 0 Å². The lowest BCUT2D eigenvalue weighted by Gasteiger charge is -2.32. The lowest BCUT2D eigenvalue weighted by atomic mass is 9.92. The number of carbonyl (C=O) groups is 1. The zero-order valence-electron chi connectivity index (χ0n) is 15.3. The van der Waals surface area contributed by atoms with Crippen molar-refractivity contribution in [3.63, 3.8) is 0 Å². The molecule has 2 unspecified atom stereocenters. The first-order valence-electron chi connectivity index (χ1n) is 9.00. The Morgan fingerprint density at radius 3 is 2.71 bits per heavy atom. The zero-order chi connectivity index (χ0) is 20.1. The second-order valence-corrected chi connectivity index (χ2v) is 7.11. The number of nitrogens with two attached hydrogens (primary N) is 1. The van der Waals surface area contributed by atoms with E-state index in [1.54, 1.807) is 29.2 Å². The van der Waals surface area contributed by atoms with Gasteiger partial charge in [0.1, 0.15) is 18.5 Å². The van der Waals surface area contributed by atoms with Gasteiger partial charge in [-0.1, -0.05) is 29.8 Å². The Labute approximate surface area is 168 Å². The highest BCUT2D eigenvalue weighted by molar-refractivity contribution is 6.30. The van der Waals surface area contributed by atoms with Crippen LogP contribution in [0.5, 0.6) is 5.75 Å². The highest BCUT2D eigenvalue weighted by Gasteiger charge is 2.24. The van der Waals surface area contributed by atoms with Crippen molar-refractivity contribution < 1.29 is 19.7 Å². The van der Waals surface area contributed by atoms with E-state index in [4.69, 9.17) is 27.2 Å². The molecule has 148 valence electrons. The number of rotatable bonds is 7. The Hall–Kier alpha value is -2.54. The third-order valence-corrected chi connectivity index (χ3v) is 4.96. The molecule has 2 atom stereocenters. The van der Waals surface area contributed by atoms with Crippen molar-refractivity contribution in [2.45, 2.75) is 18.6 Å². The molecule has 1 aliphatic heterocycles. The molecule has 2 aromatic carbocycles. The van der Waals surface area contributed by atoms with Gasteiger partial charge < -0.3 is 25.6 Å². The van der Waals surface area contributed by atoms with Gasteiger partial charge in [0.2, 0.25) is 6.41 Å². The molecule has 0 saturated heterocycles. The monoisotopic (exact) mass is 402 g/mol. The van der Waals surface area contributed by atoms with Crippen LogP contribution in [0.3, 0.4) is 0 Å². The minimum Gasteiger partial charge on any atom is -0.491 e. The van der Waals surface area contributed by atoms with E-state index in [2.05, 4.69) is 0 Å². The van der Waals surface area contributed by atoms with E-state index in [1.165, 1.54) is 0 Å². The molecule has 6 nitrogen and oxygen atoms in total. The van der Waals surface area contributed by atoms with Crippen LogP contribution < -0.4 is 10.5 Å². The summed E-state index contributed by atoms with van der Waals surface area (Å²) in [4.78, 5) is 13.3. The summed E-state index contributed by atoms with van der Waals surface area (Å²) in [6, 6.07) is 12.5. The van der Waals surface area contributed by atoms with Crippen molar-refractivity contribution >= 4 is 29.3 Å². The van der Waals surface area contributed by atoms with Crippen molar-refractivity contribution in [2.75, 3.05) is 25.5 Å². The number of aliphatic hydroxyl groups excluding tert-OH is 2. The molecule has 1 aliphatic rings. The van der Waals surface area contributed by atoms with Crippen molar-refractivity contribution in [1.82, 2.24) is 4.90 Å². The smallest absolute Gasteiger partial charge is 0.210 e. The van der Waals surface area contributed by atoms with E-state index < -0.39 is 6.10 Å². The van der Waals surface area contributed by atoms with Crippen LogP contribution in [-0.2, 0) is 4.79 Å². The lowest BCUT2D eigenvalue weighted by molar-refractivity contribution is -0.119. The Balaban J connectivity index is 1.85. The van der Waals surface area contributed by atoms with Gasteiger partial charge in [-0.3, -0.25) is 4.79 Å². The fraction of sp³-hybridized carbons (Fsp3) is 0.286. The third-order valence-electron chi connectivity index (χ3n) is 4.73. The molecular weight excluding hydrogens is 380 g/mol. The largest absolute Gasteiger partial charge is 0.491 e. The highest BCUT2D eigenvalue weighted by Crippen LogP contribution is 2.36. The molecule has 0 bridgehead atoms. The molecule has 0 spiro atoms. The number of ether oxygens (including phenoxy) is 1. The number of aliphatic hydroxyl groups is 2. The first kappa shape index (κ1) is 20.2. The maximum absolute atomic E-state index is 11.6. The first-order chi connectivity index (χ1) is 13.5. The Morgan fingerprint density at radius 1 is 1.29 bits per heavy atom. The van der Waals surface area contributed by atoms with Crippen LogP contribution in [-0.4, -0.2) is 47.4 Å². The van der Waals surface area contributed by atoms with Crippen molar-refractivity contribution in [3.8, 4) is 5.75 Å². The van der Waals surface area contributed by atoms with Gasteiger partial charge in [0, 0.05) is 22.8 Å². The standard InChI is InChI=1S/C21H23ClN2O4/c22-16-3-6-20(23)19(10-16)15-7-8-24(13-26)21(9-15)14-1-4-18(5-2-14)28-12-17(27)11-25/h1-6,9-10,13,17,21,25,27H,7-8,11-12,23H2. The maximum Gasteiger partial charge on any atom is 0.210 e. The number of benzene rings is 2. The van der Waals surface area contributed by atoms with Crippen molar-refractivity contribution in [1.29, 1.82) is 0 Å². The summed E-state index contributed by atoms with van der Waals surface area (Å²) >= 11 is 6.13. The molecule has 28 heavy (non-hydrogen) atoms. The zero-order valence-corrected chi connectivity index (χ0v) is 16.0. The van der Waals surface area contributed by atoms with Gasteiger partial charge in [-0.2, -0.15) is 0 Å². The molecule has 0 aromatic heterocycles. The third kappa shape index (κ3) is 4.65. The Kier molecular flexibility index (Phi) is 6.57. The van der Waals surface area contributed by atoms with E-state index >= 15 is 0 Å². The lowest BCUT2D eigenvalue weighted by Crippen LogP contribution is -2.30. The predicted molar refractivity (Wildman–Crippen MR) is 109 cm³/mol. The SMILES string of the molecule is Nc1ccc(Cl)cc1C1=CC(c2ccc(OCC(O)CO)cc2)N(C=O)CC1. The molecule has 4 N–H and O–H groups in total. The molecule has 7 heteroatoms. The average molecular weight is 403 g/mol. The highest BCUT2D eigenvalue weighted by atomic mass is 35.5. The summed E-state index contributed by atoms with van der Waals surface area (Å²) in [6.07, 6.45) is 2.66. The maximum atomic E-state index is 11.6. The van der Waals surface area contributed by atoms with E-state index in [9.17, 15) is 9.90 Å². The van der Waals surface area contributed by atoms with Gasteiger partial charge in [-0.05, 0) is 47.9 Å². The molecule has 0 aliphatic carbocycles. The molecule has 1 heterocycles. The van der Waals surface area contributed by atoms with Gasteiger partial charge in [0.05, 0.1) is 12.6 Å². The van der Waals surface area contributed by atoms with Gasteiger partial charge >= 0.3 is 0 Å². The number of nitrogen functional groups attached to an aromatic ring is 1. The summed E-state index contributed by atoms with van der Waals surface area (Å²) < 4.78 is 5.43. The number of anilines is 1. The number of nitrogens with zero attached hydrogens (tertiary/aromatic N) is 1. The molecule has 0 radical (unpaired) electrons. The summed E-state index contributed by atoms with van der Waals surface area (Å²) in [5.74, 6) is 0.577. The van der Waals surface area contributed by atoms with Crippen LogP contribution in [0.15, 0.2) is 48.5 Å². The van der Waals surface area contributed by atoms with Crippen molar-refractivity contribution in [2.24, 2.45) is 0 Å². The first-order valence-corrected chi connectivity index (χ1v) is 9.38. The van der Waals surface area contributed by atoms with Crippen molar-refractivity contribution in [3.05, 3.63) is 64.7 Å². The van der Waals surface area contributed by atoms with E-state index in [0.717, 1.165) is 23.1 Å². The van der Waals surface area contributed by atoms with Crippen LogP contribution in [0.2, 0.25) is 5.02 Å². The molecular formula is C21H23ClN2O4. The van der Waals surface area contributed by atoms with Crippen LogP contribution in [0.4, 0.5) is 5.69 Å². The number of halogens is 1. The predicted octanol–water partition coefficient (Wildman–Crippen LogP) is 2.64. The van der Waals surface area contributed by atoms with Gasteiger partial charge in [-0.25, -0.2) is 0 Å². The second kappa shape index (κ2) is 9.10. The number of carbonyl (C=O) groups excluding carboxylic acids is 1. The fourth-order valence-corrected chi connectivity index (χ4v) is 3.37. The molecule has 0 saturated carbocycles. The average Bonchev–Trinajstić information content (AvgIpc) is 2.73. The van der Waals surface area contributed by atoms with Crippen LogP contribution >= 0.6 is 11.6 Å². The normalized spacial score (nSPS) is 17.8. The summed E-state index contributed by atoms with van der Waals surface area (Å²) in [6.45, 7) is 0.236. The number of amides is 1. The number of hydrogen-bond acceptors (Lipinski definition) is 5. The van der Waals surface area contributed by atoms with Crippen LogP contribution in [0.1, 0.15) is 23.6 Å². The van der Waals surface area contributed by atoms with E-state index in [0.29, 0.717) is 29.4 Å². The molecule has 1 amide bonds. The molecule has 0 fully saturated rings. The Bertz CT molecular complexity index is 854. The van der Waals surface area contributed by atoms with E-state index in [-0.39, 0.29) is 19.3 Å². The van der Waals surface area contributed by atoms with Gasteiger partial charge in [0.15, 0.2) is 0 Å². The summed E-state index contributed by atoms with van der Waals surface area (Å²) in [5.41, 5.74) is 9.65. The Morgan fingerprint density at radius 2 is 2.04 bits per heavy atom. The number of hydrogen-bond donors (Lipinski definition) is 3. The molecule has 3 rings (SSSR count). The van der Waals surface area contributed by atoms with Crippen LogP contribution in [0, 0.1) is 0 Å². The topological polar surface area (TPSA) is 96.0 Å². The van der Waals surface area contributed by atoms with E-state index in [1.807, 2.05) is 24.3 Å².